The Morgan fingerprint density at radius 2 is 1.92 bits per heavy atom. The molecule has 0 aliphatic heterocycles. The molecule has 0 spiro atoms. The van der Waals surface area contributed by atoms with Crippen molar-refractivity contribution in [1.82, 2.24) is 4.98 Å². The number of para-hydroxylation sites is 1. The van der Waals surface area contributed by atoms with Gasteiger partial charge in [-0.1, -0.05) is 18.2 Å². The third-order valence-corrected chi connectivity index (χ3v) is 3.53. The largest absolute Gasteiger partial charge is 0.493 e. The molecule has 0 saturated heterocycles. The lowest BCUT2D eigenvalue weighted by molar-refractivity contribution is -0.0511. The van der Waals surface area contributed by atoms with Crippen molar-refractivity contribution in [3.63, 3.8) is 0 Å². The van der Waals surface area contributed by atoms with Crippen molar-refractivity contribution >= 4 is 22.5 Å². The molecule has 1 aromatic heterocycles. The Balaban J connectivity index is 1.90. The molecule has 1 heterocycles. The number of carbonyl (C=O) groups is 1. The van der Waals surface area contributed by atoms with Crippen LogP contribution >= 0.6 is 0 Å². The zero-order valence-corrected chi connectivity index (χ0v) is 13.2. The smallest absolute Gasteiger partial charge is 0.387 e. The molecular formula is C18H14F2N2O3. The number of fused-ring (bicyclic) bond motifs is 1. The average Bonchev–Trinajstić information content (AvgIpc) is 2.61. The Kier molecular flexibility index (Phi) is 4.74. The second-order valence-electron chi connectivity index (χ2n) is 5.07. The van der Waals surface area contributed by atoms with Crippen LogP contribution in [0.4, 0.5) is 14.5 Å². The second-order valence-corrected chi connectivity index (χ2v) is 5.07. The fourth-order valence-corrected chi connectivity index (χ4v) is 2.43. The number of hydrogen-bond acceptors (Lipinski definition) is 4. The van der Waals surface area contributed by atoms with Crippen LogP contribution in [0.25, 0.3) is 10.9 Å². The number of methoxy groups -OCH3 is 1. The van der Waals surface area contributed by atoms with E-state index in [1.165, 1.54) is 25.4 Å². The number of carbonyl (C=O) groups excluding carboxylic acids is 1. The van der Waals surface area contributed by atoms with Gasteiger partial charge in [0.05, 0.1) is 18.2 Å². The van der Waals surface area contributed by atoms with Crippen LogP contribution in [-0.4, -0.2) is 24.6 Å². The number of alkyl halides is 2. The molecule has 0 fully saturated rings. The Labute approximate surface area is 142 Å². The van der Waals surface area contributed by atoms with Gasteiger partial charge in [0.15, 0.2) is 11.5 Å². The minimum absolute atomic E-state index is 0.146. The summed E-state index contributed by atoms with van der Waals surface area (Å²) in [5, 5.41) is 3.36. The van der Waals surface area contributed by atoms with Crippen molar-refractivity contribution in [3.05, 3.63) is 60.3 Å². The van der Waals surface area contributed by atoms with E-state index >= 15 is 0 Å². The van der Waals surface area contributed by atoms with E-state index in [1.54, 1.807) is 24.3 Å². The first kappa shape index (κ1) is 16.6. The molecule has 128 valence electrons. The first-order chi connectivity index (χ1) is 12.1. The molecule has 0 aliphatic rings. The molecule has 1 amide bonds. The summed E-state index contributed by atoms with van der Waals surface area (Å²) in [6.07, 6.45) is 1.54. The Bertz CT molecular complexity index is 910. The number of hydrogen-bond donors (Lipinski definition) is 1. The van der Waals surface area contributed by atoms with Gasteiger partial charge >= 0.3 is 6.61 Å². The summed E-state index contributed by atoms with van der Waals surface area (Å²) in [5.41, 5.74) is 1.42. The molecule has 5 nitrogen and oxygen atoms in total. The predicted octanol–water partition coefficient (Wildman–Crippen LogP) is 4.10. The van der Waals surface area contributed by atoms with Gasteiger partial charge in [0.2, 0.25) is 0 Å². The highest BCUT2D eigenvalue weighted by Gasteiger charge is 2.14. The van der Waals surface area contributed by atoms with E-state index < -0.39 is 6.61 Å². The lowest BCUT2D eigenvalue weighted by atomic mass is 10.1. The summed E-state index contributed by atoms with van der Waals surface area (Å²) in [6, 6.07) is 13.1. The van der Waals surface area contributed by atoms with Gasteiger partial charge in [-0.05, 0) is 24.3 Å². The molecule has 0 bridgehead atoms. The number of rotatable bonds is 5. The molecule has 0 unspecified atom stereocenters. The highest BCUT2D eigenvalue weighted by Crippen LogP contribution is 2.31. The van der Waals surface area contributed by atoms with Crippen LogP contribution in [0.1, 0.15) is 10.4 Å². The molecule has 3 rings (SSSR count). The monoisotopic (exact) mass is 344 g/mol. The Morgan fingerprint density at radius 3 is 2.68 bits per heavy atom. The van der Waals surface area contributed by atoms with Crippen LogP contribution in [0.5, 0.6) is 11.5 Å². The van der Waals surface area contributed by atoms with E-state index in [2.05, 4.69) is 15.0 Å². The molecule has 3 aromatic rings. The first-order valence-corrected chi connectivity index (χ1v) is 7.36. The van der Waals surface area contributed by atoms with Crippen molar-refractivity contribution in [1.29, 1.82) is 0 Å². The van der Waals surface area contributed by atoms with Crippen molar-refractivity contribution in [2.75, 3.05) is 12.4 Å². The number of benzene rings is 2. The van der Waals surface area contributed by atoms with E-state index in [-0.39, 0.29) is 17.4 Å². The summed E-state index contributed by atoms with van der Waals surface area (Å²) in [4.78, 5) is 16.8. The number of ether oxygens (including phenoxy) is 2. The van der Waals surface area contributed by atoms with E-state index in [1.807, 2.05) is 12.1 Å². The van der Waals surface area contributed by atoms with Gasteiger partial charge in [-0.25, -0.2) is 0 Å². The minimum Gasteiger partial charge on any atom is -0.493 e. The Hall–Kier alpha value is -3.22. The standard InChI is InChI=1S/C18H14F2N2O3/c1-24-15-7-6-11(10-16(15)25-18(19)20)22-17(23)13-8-9-21-14-5-3-2-4-12(13)14/h2-10,18H,1H3,(H,22,23). The molecule has 0 aliphatic carbocycles. The average molecular weight is 344 g/mol. The quantitative estimate of drug-likeness (QED) is 0.757. The molecule has 2 aromatic carbocycles. The highest BCUT2D eigenvalue weighted by molar-refractivity contribution is 6.12. The van der Waals surface area contributed by atoms with Gasteiger partial charge in [0.25, 0.3) is 5.91 Å². The minimum atomic E-state index is -3.00. The van der Waals surface area contributed by atoms with Crippen LogP contribution in [-0.2, 0) is 0 Å². The van der Waals surface area contributed by atoms with Crippen LogP contribution in [0, 0.1) is 0 Å². The lowest BCUT2D eigenvalue weighted by Gasteiger charge is -2.12. The van der Waals surface area contributed by atoms with Gasteiger partial charge in [-0.15, -0.1) is 0 Å². The first-order valence-electron chi connectivity index (χ1n) is 7.36. The zero-order chi connectivity index (χ0) is 17.8. The summed E-state index contributed by atoms with van der Waals surface area (Å²) in [7, 11) is 1.34. The topological polar surface area (TPSA) is 60.5 Å². The third-order valence-electron chi connectivity index (χ3n) is 3.53. The van der Waals surface area contributed by atoms with Gasteiger partial charge in [-0.3, -0.25) is 9.78 Å². The maximum absolute atomic E-state index is 12.6. The van der Waals surface area contributed by atoms with Gasteiger partial charge < -0.3 is 14.8 Å². The summed E-state index contributed by atoms with van der Waals surface area (Å²) in [5.74, 6) is -0.394. The molecule has 7 heteroatoms. The van der Waals surface area contributed by atoms with Crippen LogP contribution in [0.3, 0.4) is 0 Å². The normalized spacial score (nSPS) is 10.7. The molecule has 25 heavy (non-hydrogen) atoms. The fourth-order valence-electron chi connectivity index (χ4n) is 2.43. The number of nitrogens with one attached hydrogen (secondary N) is 1. The predicted molar refractivity (Wildman–Crippen MR) is 89.3 cm³/mol. The van der Waals surface area contributed by atoms with Gasteiger partial charge in [0.1, 0.15) is 0 Å². The van der Waals surface area contributed by atoms with E-state index in [0.717, 1.165) is 0 Å². The zero-order valence-electron chi connectivity index (χ0n) is 13.2. The number of anilines is 1. The van der Waals surface area contributed by atoms with Gasteiger partial charge in [-0.2, -0.15) is 8.78 Å². The number of amides is 1. The van der Waals surface area contributed by atoms with Crippen molar-refractivity contribution in [2.24, 2.45) is 0 Å². The highest BCUT2D eigenvalue weighted by atomic mass is 19.3. The summed E-state index contributed by atoms with van der Waals surface area (Å²) >= 11 is 0. The van der Waals surface area contributed by atoms with E-state index in [4.69, 9.17) is 4.74 Å². The van der Waals surface area contributed by atoms with Crippen molar-refractivity contribution in [3.8, 4) is 11.5 Å². The number of nitrogens with zero attached hydrogens (tertiary/aromatic N) is 1. The van der Waals surface area contributed by atoms with E-state index in [9.17, 15) is 13.6 Å². The van der Waals surface area contributed by atoms with Crippen LogP contribution < -0.4 is 14.8 Å². The molecule has 0 radical (unpaired) electrons. The van der Waals surface area contributed by atoms with Crippen LogP contribution in [0.15, 0.2) is 54.7 Å². The number of pyridine rings is 1. The maximum Gasteiger partial charge on any atom is 0.387 e. The molecule has 1 N–H and O–H groups in total. The SMILES string of the molecule is COc1ccc(NC(=O)c2ccnc3ccccc23)cc1OC(F)F. The van der Waals surface area contributed by atoms with Gasteiger partial charge in [0, 0.05) is 23.3 Å². The molecular weight excluding hydrogens is 330 g/mol. The van der Waals surface area contributed by atoms with Crippen LogP contribution in [0.2, 0.25) is 0 Å². The summed E-state index contributed by atoms with van der Waals surface area (Å²) in [6.45, 7) is -3.00. The third kappa shape index (κ3) is 3.65. The number of halogens is 2. The van der Waals surface area contributed by atoms with E-state index in [0.29, 0.717) is 22.2 Å². The molecule has 0 saturated carbocycles. The summed E-state index contributed by atoms with van der Waals surface area (Å²) < 4.78 is 34.4. The molecule has 0 atom stereocenters. The van der Waals surface area contributed by atoms with Crippen molar-refractivity contribution in [2.45, 2.75) is 6.61 Å². The Morgan fingerprint density at radius 1 is 1.12 bits per heavy atom. The maximum atomic E-state index is 12.6. The second kappa shape index (κ2) is 7.12. The fraction of sp³-hybridized carbons (Fsp3) is 0.111. The van der Waals surface area contributed by atoms with Crippen molar-refractivity contribution < 1.29 is 23.0 Å². The lowest BCUT2D eigenvalue weighted by Crippen LogP contribution is -2.13. The number of aromatic nitrogens is 1.